The summed E-state index contributed by atoms with van der Waals surface area (Å²) in [5.41, 5.74) is -0.410. The van der Waals surface area contributed by atoms with Crippen LogP contribution in [0.2, 0.25) is 0 Å². The lowest BCUT2D eigenvalue weighted by Crippen LogP contribution is -2.37. The first-order valence-corrected chi connectivity index (χ1v) is 11.7. The molecule has 1 fully saturated rings. The molecule has 0 amide bonds. The van der Waals surface area contributed by atoms with Crippen LogP contribution in [0.3, 0.4) is 0 Å². The summed E-state index contributed by atoms with van der Waals surface area (Å²) < 4.78 is 81.7. The normalized spacial score (nSPS) is 18.9. The van der Waals surface area contributed by atoms with Crippen LogP contribution in [0.5, 0.6) is 0 Å². The van der Waals surface area contributed by atoms with E-state index in [9.17, 15) is 35.9 Å². The van der Waals surface area contributed by atoms with Crippen LogP contribution in [-0.4, -0.2) is 47.1 Å². The minimum absolute atomic E-state index is 0.235. The molecule has 1 aliphatic heterocycles. The van der Waals surface area contributed by atoms with E-state index in [0.717, 1.165) is 12.1 Å². The Hall–Kier alpha value is -3.41. The highest BCUT2D eigenvalue weighted by molar-refractivity contribution is 7.92. The Morgan fingerprint density at radius 2 is 1.76 bits per heavy atom. The van der Waals surface area contributed by atoms with Crippen LogP contribution >= 0.6 is 0 Å². The number of benzene rings is 2. The van der Waals surface area contributed by atoms with Crippen LogP contribution in [0.1, 0.15) is 17.7 Å². The van der Waals surface area contributed by atoms with Gasteiger partial charge in [-0.25, -0.2) is 22.3 Å². The van der Waals surface area contributed by atoms with Gasteiger partial charge in [-0.1, -0.05) is 12.1 Å². The Balaban J connectivity index is 1.76. The Bertz CT molecular complexity index is 1340. The van der Waals surface area contributed by atoms with Gasteiger partial charge in [0.2, 0.25) is 0 Å². The van der Waals surface area contributed by atoms with E-state index in [-0.39, 0.29) is 12.4 Å². The number of carbonyl (C=O) groups is 1. The van der Waals surface area contributed by atoms with E-state index >= 15 is 0 Å². The predicted octanol–water partition coefficient (Wildman–Crippen LogP) is 3.84. The molecule has 1 saturated heterocycles. The number of hydrogen-bond acceptors (Lipinski definition) is 5. The van der Waals surface area contributed by atoms with Gasteiger partial charge in [-0.2, -0.15) is 18.3 Å². The van der Waals surface area contributed by atoms with Crippen LogP contribution in [0, 0.1) is 12.7 Å². The Labute approximate surface area is 192 Å². The maximum absolute atomic E-state index is 13.5. The van der Waals surface area contributed by atoms with Crippen LogP contribution in [-0.2, 0) is 20.8 Å². The van der Waals surface area contributed by atoms with Gasteiger partial charge in [0.25, 0.3) is 0 Å². The van der Waals surface area contributed by atoms with Crippen molar-refractivity contribution in [2.45, 2.75) is 35.7 Å². The quantitative estimate of drug-likeness (QED) is 0.539. The molecular weight excluding hydrogens is 478 g/mol. The van der Waals surface area contributed by atoms with E-state index in [1.54, 1.807) is 6.92 Å². The number of anilines is 1. The van der Waals surface area contributed by atoms with E-state index in [2.05, 4.69) is 5.10 Å². The summed E-state index contributed by atoms with van der Waals surface area (Å²) in [6, 6.07) is 9.28. The summed E-state index contributed by atoms with van der Waals surface area (Å²) in [5.74, 6) is -1.59. The number of sulfone groups is 1. The van der Waals surface area contributed by atoms with Gasteiger partial charge in [-0.15, -0.1) is 0 Å². The molecule has 4 rings (SSSR count). The third-order valence-electron chi connectivity index (χ3n) is 5.66. The van der Waals surface area contributed by atoms with Gasteiger partial charge in [-0.3, -0.25) is 0 Å². The van der Waals surface area contributed by atoms with Gasteiger partial charge < -0.3 is 10.0 Å². The van der Waals surface area contributed by atoms with E-state index in [1.165, 1.54) is 46.0 Å². The Kier molecular flexibility index (Phi) is 5.88. The van der Waals surface area contributed by atoms with Crippen LogP contribution < -0.4 is 4.90 Å². The number of halogens is 4. The predicted molar refractivity (Wildman–Crippen MR) is 114 cm³/mol. The average Bonchev–Trinajstić information content (AvgIpc) is 3.38. The van der Waals surface area contributed by atoms with E-state index < -0.39 is 56.0 Å². The molecule has 0 saturated carbocycles. The van der Waals surface area contributed by atoms with Crippen molar-refractivity contribution in [1.82, 2.24) is 9.78 Å². The summed E-state index contributed by atoms with van der Waals surface area (Å²) in [4.78, 5) is 12.4. The molecule has 2 atom stereocenters. The number of aliphatic carboxylic acids is 1. The molecule has 1 N–H and O–H groups in total. The van der Waals surface area contributed by atoms with Gasteiger partial charge in [-0.05, 0) is 49.7 Å². The van der Waals surface area contributed by atoms with Gasteiger partial charge in [0.15, 0.2) is 9.84 Å². The fourth-order valence-electron chi connectivity index (χ4n) is 4.10. The van der Waals surface area contributed by atoms with Crippen LogP contribution in [0.25, 0.3) is 5.69 Å². The first kappa shape index (κ1) is 23.7. The van der Waals surface area contributed by atoms with Gasteiger partial charge in [0, 0.05) is 12.6 Å². The summed E-state index contributed by atoms with van der Waals surface area (Å²) >= 11 is 0. The number of carboxylic acids is 1. The zero-order valence-corrected chi connectivity index (χ0v) is 18.5. The largest absolute Gasteiger partial charge is 0.480 e. The first-order chi connectivity index (χ1) is 15.9. The fraction of sp³-hybridized carbons (Fsp3) is 0.273. The summed E-state index contributed by atoms with van der Waals surface area (Å²) in [5, 5.41) is 12.7. The van der Waals surface area contributed by atoms with Crippen molar-refractivity contribution in [3.8, 4) is 5.69 Å². The average molecular weight is 497 g/mol. The lowest BCUT2D eigenvalue weighted by atomic mass is 10.2. The molecule has 34 heavy (non-hydrogen) atoms. The van der Waals surface area contributed by atoms with Gasteiger partial charge in [0.05, 0.1) is 27.1 Å². The molecule has 2 aromatic carbocycles. The first-order valence-electron chi connectivity index (χ1n) is 10.1. The highest BCUT2D eigenvalue weighted by atomic mass is 32.2. The number of aryl methyl sites for hydroxylation is 1. The summed E-state index contributed by atoms with van der Waals surface area (Å²) in [6.45, 7) is 1.28. The highest BCUT2D eigenvalue weighted by Crippen LogP contribution is 2.39. The standard InChI is InChI=1S/C22H19F4N3O4S/c1-13-10-20(29(27-13)15-8-6-14(23)7-9-15)28-12-16(11-18(28)21(30)31)34(32,33)19-5-3-2-4-17(19)22(24,25)26/h2-10,16,18H,11-12H2,1H3,(H,30,31). The molecule has 0 bridgehead atoms. The number of alkyl halides is 3. The second-order valence-corrected chi connectivity index (χ2v) is 10.1. The topological polar surface area (TPSA) is 92.5 Å². The second kappa shape index (κ2) is 8.42. The molecule has 0 radical (unpaired) electrons. The second-order valence-electron chi connectivity index (χ2n) is 7.94. The van der Waals surface area contributed by atoms with Crippen LogP contribution in [0.15, 0.2) is 59.5 Å². The number of aromatic nitrogens is 2. The molecular formula is C22H19F4N3O4S. The third kappa shape index (κ3) is 4.25. The lowest BCUT2D eigenvalue weighted by molar-refractivity contribution is -0.140. The number of hydrogen-bond donors (Lipinski definition) is 1. The van der Waals surface area contributed by atoms with E-state index in [1.807, 2.05) is 0 Å². The van der Waals surface area contributed by atoms with Crippen molar-refractivity contribution in [3.63, 3.8) is 0 Å². The van der Waals surface area contributed by atoms with Crippen molar-refractivity contribution in [1.29, 1.82) is 0 Å². The van der Waals surface area contributed by atoms with Crippen molar-refractivity contribution >= 4 is 21.6 Å². The smallest absolute Gasteiger partial charge is 0.417 e. The Morgan fingerprint density at radius 1 is 1.12 bits per heavy atom. The molecule has 0 spiro atoms. The third-order valence-corrected chi connectivity index (χ3v) is 7.85. The van der Waals surface area contributed by atoms with E-state index in [4.69, 9.17) is 0 Å². The Morgan fingerprint density at radius 3 is 2.38 bits per heavy atom. The SMILES string of the molecule is Cc1cc(N2CC(S(=O)(=O)c3ccccc3C(F)(F)F)CC2C(=O)O)n(-c2ccc(F)cc2)n1. The summed E-state index contributed by atoms with van der Waals surface area (Å²) in [6.07, 6.45) is -5.32. The molecule has 0 aliphatic carbocycles. The molecule has 1 aliphatic rings. The van der Waals surface area contributed by atoms with Crippen molar-refractivity contribution in [2.24, 2.45) is 0 Å². The molecule has 3 aromatic rings. The van der Waals surface area contributed by atoms with E-state index in [0.29, 0.717) is 17.4 Å². The molecule has 2 heterocycles. The fourth-order valence-corrected chi connectivity index (χ4v) is 6.01. The monoisotopic (exact) mass is 497 g/mol. The molecule has 2 unspecified atom stereocenters. The minimum Gasteiger partial charge on any atom is -0.480 e. The molecule has 1 aromatic heterocycles. The van der Waals surface area contributed by atoms with Gasteiger partial charge >= 0.3 is 12.1 Å². The number of rotatable bonds is 5. The number of nitrogens with zero attached hydrogens (tertiary/aromatic N) is 3. The zero-order chi connectivity index (χ0) is 24.8. The van der Waals surface area contributed by atoms with Crippen molar-refractivity contribution in [2.75, 3.05) is 11.4 Å². The maximum Gasteiger partial charge on any atom is 0.417 e. The van der Waals surface area contributed by atoms with Crippen LogP contribution in [0.4, 0.5) is 23.4 Å². The molecule has 12 heteroatoms. The minimum atomic E-state index is -4.90. The van der Waals surface area contributed by atoms with Crippen molar-refractivity contribution < 1.29 is 35.9 Å². The lowest BCUT2D eigenvalue weighted by Gasteiger charge is -2.24. The molecule has 180 valence electrons. The highest BCUT2D eigenvalue weighted by Gasteiger charge is 2.47. The summed E-state index contributed by atoms with van der Waals surface area (Å²) in [7, 11) is -4.54. The zero-order valence-electron chi connectivity index (χ0n) is 17.7. The van der Waals surface area contributed by atoms with Crippen molar-refractivity contribution in [3.05, 3.63) is 71.7 Å². The number of carboxylic acid groups (broad SMARTS) is 1. The van der Waals surface area contributed by atoms with Gasteiger partial charge in [0.1, 0.15) is 17.7 Å². The maximum atomic E-state index is 13.5. The molecule has 7 nitrogen and oxygen atoms in total.